The summed E-state index contributed by atoms with van der Waals surface area (Å²) in [4.78, 5) is 12.5. The predicted molar refractivity (Wildman–Crippen MR) is 97.3 cm³/mol. The molecule has 0 aromatic heterocycles. The predicted octanol–water partition coefficient (Wildman–Crippen LogP) is 6.48. The van der Waals surface area contributed by atoms with Crippen LogP contribution in [0.25, 0.3) is 0 Å². The number of carbonyl (C=O) groups excluding carboxylic acids is 1. The zero-order chi connectivity index (χ0) is 16.3. The third kappa shape index (κ3) is 4.26. The van der Waals surface area contributed by atoms with Gasteiger partial charge in [0.05, 0.1) is 5.38 Å². The Morgan fingerprint density at radius 2 is 1.73 bits per heavy atom. The zero-order valence-electron chi connectivity index (χ0n) is 11.8. The maximum Gasteiger partial charge on any atom is 0.198 e. The third-order valence-corrected chi connectivity index (χ3v) is 4.97. The summed E-state index contributed by atoms with van der Waals surface area (Å²) in [7, 11) is 0. The molecule has 0 saturated carbocycles. The Balaban J connectivity index is 2.18. The zero-order valence-corrected chi connectivity index (χ0v) is 15.7. The first kappa shape index (κ1) is 17.8. The van der Waals surface area contributed by atoms with E-state index in [1.54, 1.807) is 24.3 Å². The average Bonchev–Trinajstić information content (AvgIpc) is 2.47. The molecule has 0 bridgehead atoms. The SMILES string of the molecule is Cc1ccccc1C(Cl)CC(Cl)(Cl)C(=O)c1ccc(Br)cc1. The highest BCUT2D eigenvalue weighted by molar-refractivity contribution is 9.10. The van der Waals surface area contributed by atoms with E-state index in [1.807, 2.05) is 31.2 Å². The molecule has 5 heteroatoms. The van der Waals surface area contributed by atoms with Crippen molar-refractivity contribution in [2.75, 3.05) is 0 Å². The van der Waals surface area contributed by atoms with Crippen molar-refractivity contribution < 1.29 is 4.79 Å². The van der Waals surface area contributed by atoms with Crippen LogP contribution in [0.4, 0.5) is 0 Å². The van der Waals surface area contributed by atoms with Crippen LogP contribution >= 0.6 is 50.7 Å². The smallest absolute Gasteiger partial charge is 0.198 e. The van der Waals surface area contributed by atoms with Crippen molar-refractivity contribution in [3.63, 3.8) is 0 Å². The van der Waals surface area contributed by atoms with E-state index in [9.17, 15) is 4.79 Å². The van der Waals surface area contributed by atoms with E-state index in [1.165, 1.54) is 0 Å². The topological polar surface area (TPSA) is 17.1 Å². The van der Waals surface area contributed by atoms with Crippen molar-refractivity contribution in [3.05, 3.63) is 69.7 Å². The van der Waals surface area contributed by atoms with Crippen molar-refractivity contribution >= 4 is 56.5 Å². The summed E-state index contributed by atoms with van der Waals surface area (Å²) in [5.74, 6) is -0.345. The number of hydrogen-bond acceptors (Lipinski definition) is 1. The summed E-state index contributed by atoms with van der Waals surface area (Å²) in [6.45, 7) is 1.96. The Labute approximate surface area is 153 Å². The van der Waals surface area contributed by atoms with Crippen LogP contribution in [-0.2, 0) is 0 Å². The van der Waals surface area contributed by atoms with E-state index in [0.717, 1.165) is 15.6 Å². The highest BCUT2D eigenvalue weighted by atomic mass is 79.9. The Morgan fingerprint density at radius 1 is 1.14 bits per heavy atom. The van der Waals surface area contributed by atoms with Crippen LogP contribution in [0, 0.1) is 6.92 Å². The Hall–Kier alpha value is -0.540. The molecule has 0 aliphatic rings. The van der Waals surface area contributed by atoms with Crippen LogP contribution in [0.1, 0.15) is 33.3 Å². The second-order valence-electron chi connectivity index (χ2n) is 5.07. The number of Topliss-reactive ketones (excluding diaryl/α,β-unsaturated/α-hetero) is 1. The van der Waals surface area contributed by atoms with E-state index < -0.39 is 9.71 Å². The standard InChI is InChI=1S/C17H14BrCl3O/c1-11-4-2-3-5-14(11)15(19)10-17(20,21)16(22)12-6-8-13(18)9-7-12/h2-9,15H,10H2,1H3. The van der Waals surface area contributed by atoms with Crippen LogP contribution in [0.2, 0.25) is 0 Å². The molecular weight excluding hydrogens is 406 g/mol. The lowest BCUT2D eigenvalue weighted by Gasteiger charge is -2.22. The quantitative estimate of drug-likeness (QED) is 0.399. The third-order valence-electron chi connectivity index (χ3n) is 3.40. The molecule has 0 N–H and O–H groups in total. The number of carbonyl (C=O) groups is 1. The van der Waals surface area contributed by atoms with E-state index in [0.29, 0.717) is 5.56 Å². The molecule has 0 spiro atoms. The first-order valence-electron chi connectivity index (χ1n) is 6.69. The fourth-order valence-corrected chi connectivity index (χ4v) is 3.60. The van der Waals surface area contributed by atoms with Crippen LogP contribution in [-0.4, -0.2) is 10.1 Å². The van der Waals surface area contributed by atoms with Gasteiger partial charge >= 0.3 is 0 Å². The van der Waals surface area contributed by atoms with Crippen molar-refractivity contribution in [2.24, 2.45) is 0 Å². The van der Waals surface area contributed by atoms with Crippen molar-refractivity contribution in [1.82, 2.24) is 0 Å². The second-order valence-corrected chi connectivity index (χ2v) is 8.00. The van der Waals surface area contributed by atoms with E-state index >= 15 is 0 Å². The van der Waals surface area contributed by atoms with Gasteiger partial charge in [-0.2, -0.15) is 0 Å². The maximum atomic E-state index is 12.5. The number of benzene rings is 2. The van der Waals surface area contributed by atoms with Crippen LogP contribution < -0.4 is 0 Å². The highest BCUT2D eigenvalue weighted by Gasteiger charge is 2.37. The number of hydrogen-bond donors (Lipinski definition) is 0. The van der Waals surface area contributed by atoms with E-state index in [2.05, 4.69) is 15.9 Å². The average molecular weight is 421 g/mol. The normalized spacial score (nSPS) is 13.0. The van der Waals surface area contributed by atoms with Gasteiger partial charge in [-0.25, -0.2) is 0 Å². The lowest BCUT2D eigenvalue weighted by Crippen LogP contribution is -2.27. The molecule has 1 nitrogen and oxygen atoms in total. The molecule has 0 aliphatic heterocycles. The molecule has 0 radical (unpaired) electrons. The largest absolute Gasteiger partial charge is 0.291 e. The highest BCUT2D eigenvalue weighted by Crippen LogP contribution is 2.39. The molecule has 1 unspecified atom stereocenters. The first-order valence-corrected chi connectivity index (χ1v) is 8.67. The number of aryl methyl sites for hydroxylation is 1. The van der Waals surface area contributed by atoms with Gasteiger partial charge < -0.3 is 0 Å². The summed E-state index contributed by atoms with van der Waals surface area (Å²) < 4.78 is -0.684. The van der Waals surface area contributed by atoms with Gasteiger partial charge in [-0.05, 0) is 30.2 Å². The maximum absolute atomic E-state index is 12.5. The van der Waals surface area contributed by atoms with Gasteiger partial charge in [-0.1, -0.05) is 75.5 Å². The molecule has 0 fully saturated rings. The minimum atomic E-state index is -1.57. The van der Waals surface area contributed by atoms with Crippen LogP contribution in [0.15, 0.2) is 53.0 Å². The van der Waals surface area contributed by atoms with Gasteiger partial charge in [-0.15, -0.1) is 11.6 Å². The van der Waals surface area contributed by atoms with Gasteiger partial charge in [0.15, 0.2) is 10.1 Å². The van der Waals surface area contributed by atoms with Crippen molar-refractivity contribution in [1.29, 1.82) is 0 Å². The summed E-state index contributed by atoms with van der Waals surface area (Å²) in [6, 6.07) is 14.6. The van der Waals surface area contributed by atoms with Crippen LogP contribution in [0.3, 0.4) is 0 Å². The molecule has 0 saturated heterocycles. The van der Waals surface area contributed by atoms with Gasteiger partial charge in [0, 0.05) is 16.5 Å². The summed E-state index contributed by atoms with van der Waals surface area (Å²) in [6.07, 6.45) is 0.136. The molecular formula is C17H14BrCl3O. The number of halogens is 4. The van der Waals surface area contributed by atoms with E-state index in [4.69, 9.17) is 34.8 Å². The fraction of sp³-hybridized carbons (Fsp3) is 0.235. The van der Waals surface area contributed by atoms with Crippen molar-refractivity contribution in [2.45, 2.75) is 23.1 Å². The Bertz CT molecular complexity index is 668. The Kier molecular flexibility index (Phi) is 5.95. The molecule has 1 atom stereocenters. The minimum absolute atomic E-state index is 0.136. The fourth-order valence-electron chi connectivity index (χ4n) is 2.18. The molecule has 2 aromatic rings. The Morgan fingerprint density at radius 3 is 2.32 bits per heavy atom. The monoisotopic (exact) mass is 418 g/mol. The number of rotatable bonds is 5. The molecule has 2 rings (SSSR count). The number of ketones is 1. The van der Waals surface area contributed by atoms with Gasteiger partial charge in [0.2, 0.25) is 0 Å². The summed E-state index contributed by atoms with van der Waals surface area (Å²) >= 11 is 22.3. The lowest BCUT2D eigenvalue weighted by atomic mass is 9.98. The van der Waals surface area contributed by atoms with Crippen molar-refractivity contribution in [3.8, 4) is 0 Å². The summed E-state index contributed by atoms with van der Waals surface area (Å²) in [5, 5.41) is -0.435. The molecule has 0 amide bonds. The second kappa shape index (κ2) is 7.35. The molecule has 116 valence electrons. The molecule has 0 heterocycles. The molecule has 22 heavy (non-hydrogen) atoms. The van der Waals surface area contributed by atoms with Gasteiger partial charge in [-0.3, -0.25) is 4.79 Å². The van der Waals surface area contributed by atoms with Crippen LogP contribution in [0.5, 0.6) is 0 Å². The first-order chi connectivity index (χ1) is 10.3. The molecule has 0 aliphatic carbocycles. The molecule has 2 aromatic carbocycles. The minimum Gasteiger partial charge on any atom is -0.291 e. The van der Waals surface area contributed by atoms with Gasteiger partial charge in [0.1, 0.15) is 0 Å². The van der Waals surface area contributed by atoms with Gasteiger partial charge in [0.25, 0.3) is 0 Å². The van der Waals surface area contributed by atoms with E-state index in [-0.39, 0.29) is 12.2 Å². The number of alkyl halides is 3. The lowest BCUT2D eigenvalue weighted by molar-refractivity contribution is 0.0968. The summed E-state index contributed by atoms with van der Waals surface area (Å²) in [5.41, 5.74) is 2.43.